The first-order valence-corrected chi connectivity index (χ1v) is 7.42. The smallest absolute Gasteiger partial charge is 0.223 e. The first-order valence-electron chi connectivity index (χ1n) is 7.42. The molecule has 0 saturated carbocycles. The zero-order valence-corrected chi connectivity index (χ0v) is 12.2. The second-order valence-corrected chi connectivity index (χ2v) is 5.37. The average Bonchev–Trinajstić information content (AvgIpc) is 2.55. The van der Waals surface area contributed by atoms with Gasteiger partial charge in [-0.2, -0.15) is 0 Å². The second-order valence-electron chi connectivity index (χ2n) is 5.37. The van der Waals surface area contributed by atoms with Gasteiger partial charge in [-0.15, -0.1) is 0 Å². The third-order valence-corrected chi connectivity index (χ3v) is 3.95. The molecule has 1 aliphatic rings. The van der Waals surface area contributed by atoms with Crippen LogP contribution in [-0.2, 0) is 4.79 Å². The van der Waals surface area contributed by atoms with Gasteiger partial charge in [0.1, 0.15) is 0 Å². The fourth-order valence-corrected chi connectivity index (χ4v) is 2.87. The molecule has 106 valence electrons. The number of rotatable bonds is 3. The highest BCUT2D eigenvalue weighted by Gasteiger charge is 2.23. The van der Waals surface area contributed by atoms with Crippen molar-refractivity contribution >= 4 is 12.0 Å². The fraction of sp³-hybridized carbons (Fsp3) is 0.211. The molecule has 0 heterocycles. The van der Waals surface area contributed by atoms with E-state index in [0.717, 1.165) is 12.1 Å². The molecule has 3 rings (SSSR count). The van der Waals surface area contributed by atoms with E-state index in [4.69, 9.17) is 0 Å². The summed E-state index contributed by atoms with van der Waals surface area (Å²) in [6, 6.07) is 18.9. The second kappa shape index (κ2) is 5.96. The van der Waals surface area contributed by atoms with Gasteiger partial charge in [0.15, 0.2) is 0 Å². The van der Waals surface area contributed by atoms with Crippen LogP contribution in [0.3, 0.4) is 0 Å². The van der Waals surface area contributed by atoms with E-state index in [2.05, 4.69) is 53.9 Å². The highest BCUT2D eigenvalue weighted by atomic mass is 16.1. The summed E-state index contributed by atoms with van der Waals surface area (Å²) in [5.74, 6) is 0.381. The van der Waals surface area contributed by atoms with Crippen molar-refractivity contribution in [3.8, 4) is 0 Å². The van der Waals surface area contributed by atoms with Crippen molar-refractivity contribution in [2.45, 2.75) is 25.7 Å². The molecule has 1 N–H and O–H groups in total. The van der Waals surface area contributed by atoms with E-state index < -0.39 is 0 Å². The van der Waals surface area contributed by atoms with Crippen molar-refractivity contribution in [2.24, 2.45) is 0 Å². The first kappa shape index (κ1) is 13.6. The van der Waals surface area contributed by atoms with E-state index in [-0.39, 0.29) is 5.91 Å². The third-order valence-electron chi connectivity index (χ3n) is 3.95. The van der Waals surface area contributed by atoms with Gasteiger partial charge in [0.2, 0.25) is 5.91 Å². The molecule has 1 aliphatic carbocycles. The SMILES string of the molecule is CCC(=O)NC1=Cc2ccccc2[C@H](c2ccccc2)C1. The van der Waals surface area contributed by atoms with Crippen molar-refractivity contribution in [2.75, 3.05) is 0 Å². The Hall–Kier alpha value is -2.35. The highest BCUT2D eigenvalue weighted by molar-refractivity contribution is 5.79. The van der Waals surface area contributed by atoms with E-state index in [1.54, 1.807) is 0 Å². The molecule has 1 atom stereocenters. The number of carbonyl (C=O) groups excluding carboxylic acids is 1. The monoisotopic (exact) mass is 277 g/mol. The molecule has 0 radical (unpaired) electrons. The van der Waals surface area contributed by atoms with Crippen LogP contribution in [0.5, 0.6) is 0 Å². The molecular weight excluding hydrogens is 258 g/mol. The molecule has 0 saturated heterocycles. The summed E-state index contributed by atoms with van der Waals surface area (Å²) in [6.45, 7) is 1.88. The van der Waals surface area contributed by atoms with E-state index in [1.165, 1.54) is 16.7 Å². The number of benzene rings is 2. The van der Waals surface area contributed by atoms with Gasteiger partial charge in [0, 0.05) is 18.0 Å². The predicted octanol–water partition coefficient (Wildman–Crippen LogP) is 4.09. The van der Waals surface area contributed by atoms with Gasteiger partial charge in [-0.05, 0) is 29.2 Å². The van der Waals surface area contributed by atoms with E-state index in [1.807, 2.05) is 19.1 Å². The summed E-state index contributed by atoms with van der Waals surface area (Å²) in [4.78, 5) is 11.7. The molecule has 0 aromatic heterocycles. The lowest BCUT2D eigenvalue weighted by Gasteiger charge is -2.26. The summed E-state index contributed by atoms with van der Waals surface area (Å²) in [6.07, 6.45) is 3.45. The van der Waals surface area contributed by atoms with Crippen LogP contribution in [-0.4, -0.2) is 5.91 Å². The number of hydrogen-bond acceptors (Lipinski definition) is 1. The van der Waals surface area contributed by atoms with Crippen molar-refractivity contribution in [3.05, 3.63) is 77.0 Å². The first-order chi connectivity index (χ1) is 10.3. The summed E-state index contributed by atoms with van der Waals surface area (Å²) in [7, 11) is 0. The van der Waals surface area contributed by atoms with Gasteiger partial charge in [-0.1, -0.05) is 61.5 Å². The molecule has 0 spiro atoms. The molecule has 1 amide bonds. The van der Waals surface area contributed by atoms with Gasteiger partial charge in [0.25, 0.3) is 0 Å². The van der Waals surface area contributed by atoms with Gasteiger partial charge in [-0.25, -0.2) is 0 Å². The maximum Gasteiger partial charge on any atom is 0.223 e. The molecule has 0 bridgehead atoms. The summed E-state index contributed by atoms with van der Waals surface area (Å²) in [5, 5.41) is 3.03. The van der Waals surface area contributed by atoms with Gasteiger partial charge in [-0.3, -0.25) is 4.79 Å². The lowest BCUT2D eigenvalue weighted by Crippen LogP contribution is -2.25. The number of fused-ring (bicyclic) bond motifs is 1. The Morgan fingerprint density at radius 3 is 2.57 bits per heavy atom. The van der Waals surface area contributed by atoms with E-state index >= 15 is 0 Å². The minimum atomic E-state index is 0.0763. The van der Waals surface area contributed by atoms with Crippen LogP contribution in [0.4, 0.5) is 0 Å². The number of carbonyl (C=O) groups is 1. The van der Waals surface area contributed by atoms with Gasteiger partial charge < -0.3 is 5.32 Å². The number of allylic oxidation sites excluding steroid dienone is 1. The third kappa shape index (κ3) is 2.89. The van der Waals surface area contributed by atoms with Crippen LogP contribution in [0, 0.1) is 0 Å². The van der Waals surface area contributed by atoms with Gasteiger partial charge >= 0.3 is 0 Å². The molecule has 2 nitrogen and oxygen atoms in total. The predicted molar refractivity (Wildman–Crippen MR) is 85.8 cm³/mol. The van der Waals surface area contributed by atoms with E-state index in [9.17, 15) is 4.79 Å². The van der Waals surface area contributed by atoms with Crippen molar-refractivity contribution in [3.63, 3.8) is 0 Å². The molecule has 2 heteroatoms. The molecule has 0 aliphatic heterocycles. The minimum absolute atomic E-state index is 0.0763. The van der Waals surface area contributed by atoms with Crippen LogP contribution in [0.2, 0.25) is 0 Å². The largest absolute Gasteiger partial charge is 0.330 e. The standard InChI is InChI=1S/C19H19NO/c1-2-19(21)20-16-12-15-10-6-7-11-17(15)18(13-16)14-8-4-3-5-9-14/h3-12,18H,2,13H2,1H3,(H,20,21)/t18-/m0/s1. The zero-order chi connectivity index (χ0) is 14.7. The average molecular weight is 277 g/mol. The Bertz CT molecular complexity index is 673. The van der Waals surface area contributed by atoms with Crippen LogP contribution < -0.4 is 5.32 Å². The molecule has 21 heavy (non-hydrogen) atoms. The van der Waals surface area contributed by atoms with Crippen molar-refractivity contribution in [1.29, 1.82) is 0 Å². The van der Waals surface area contributed by atoms with Crippen LogP contribution >= 0.6 is 0 Å². The molecular formula is C19H19NO. The summed E-state index contributed by atoms with van der Waals surface area (Å²) in [5.41, 5.74) is 4.83. The Balaban J connectivity index is 1.99. The normalized spacial score (nSPS) is 16.8. The lowest BCUT2D eigenvalue weighted by atomic mass is 9.81. The number of amides is 1. The summed E-state index contributed by atoms with van der Waals surface area (Å²) >= 11 is 0. The Morgan fingerprint density at radius 1 is 1.10 bits per heavy atom. The molecule has 0 unspecified atom stereocenters. The van der Waals surface area contributed by atoms with Crippen molar-refractivity contribution < 1.29 is 4.79 Å². The van der Waals surface area contributed by atoms with Crippen LogP contribution in [0.25, 0.3) is 6.08 Å². The van der Waals surface area contributed by atoms with Gasteiger partial charge in [0.05, 0.1) is 0 Å². The zero-order valence-electron chi connectivity index (χ0n) is 12.2. The topological polar surface area (TPSA) is 29.1 Å². The summed E-state index contributed by atoms with van der Waals surface area (Å²) < 4.78 is 0. The molecule has 0 fully saturated rings. The minimum Gasteiger partial charge on any atom is -0.330 e. The maximum atomic E-state index is 11.7. The molecule has 2 aromatic carbocycles. The quantitative estimate of drug-likeness (QED) is 0.899. The fourth-order valence-electron chi connectivity index (χ4n) is 2.87. The Morgan fingerprint density at radius 2 is 1.81 bits per heavy atom. The lowest BCUT2D eigenvalue weighted by molar-refractivity contribution is -0.120. The Kier molecular flexibility index (Phi) is 3.87. The van der Waals surface area contributed by atoms with Crippen LogP contribution in [0.1, 0.15) is 42.4 Å². The molecule has 2 aromatic rings. The van der Waals surface area contributed by atoms with Crippen LogP contribution in [0.15, 0.2) is 60.3 Å². The van der Waals surface area contributed by atoms with Crippen molar-refractivity contribution in [1.82, 2.24) is 5.32 Å². The highest BCUT2D eigenvalue weighted by Crippen LogP contribution is 2.37. The maximum absolute atomic E-state index is 11.7. The van der Waals surface area contributed by atoms with E-state index in [0.29, 0.717) is 12.3 Å². The Labute approximate surface area is 125 Å². The number of nitrogens with one attached hydrogen (secondary N) is 1. The number of hydrogen-bond donors (Lipinski definition) is 1.